The number of carboxylic acids is 1. The quantitative estimate of drug-likeness (QED) is 0.488. The van der Waals surface area contributed by atoms with Crippen molar-refractivity contribution in [3.63, 3.8) is 0 Å². The third kappa shape index (κ3) is 17.7. The highest BCUT2D eigenvalue weighted by Gasteiger charge is 2.16. The van der Waals surface area contributed by atoms with Crippen molar-refractivity contribution in [1.82, 2.24) is 0 Å². The van der Waals surface area contributed by atoms with Crippen LogP contribution in [0.5, 0.6) is 0 Å². The number of hydrogen-bond donors (Lipinski definition) is 3. The van der Waals surface area contributed by atoms with Crippen LogP contribution in [0.1, 0.15) is 27.7 Å². The molecule has 4 N–H and O–H groups in total. The van der Waals surface area contributed by atoms with Crippen LogP contribution in [0.4, 0.5) is 0 Å². The normalized spacial score (nSPS) is 14.8. The monoisotopic (exact) mass is 163 g/mol. The molecule has 0 radical (unpaired) electrons. The molecule has 0 amide bonds. The minimum atomic E-state index is -1.00. The molecule has 0 bridgehead atoms. The highest BCUT2D eigenvalue weighted by atomic mass is 16.4. The number of aliphatic hydroxyl groups is 1. The molecule has 0 aromatic carbocycles. The van der Waals surface area contributed by atoms with E-state index < -0.39 is 11.7 Å². The lowest BCUT2D eigenvalue weighted by atomic mass is 10.0. The number of carbonyl (C=O) groups is 1. The number of nitrogens with two attached hydrogens (primary N) is 1. The molecule has 0 aliphatic rings. The summed E-state index contributed by atoms with van der Waals surface area (Å²) in [4.78, 5) is 9.00. The molecule has 0 rings (SSSR count). The molecule has 0 saturated heterocycles. The number of rotatable bonds is 1. The molecule has 11 heavy (non-hydrogen) atoms. The van der Waals surface area contributed by atoms with E-state index in [2.05, 4.69) is 0 Å². The molecule has 0 spiro atoms. The molecule has 4 heteroatoms. The molecular weight excluding hydrogens is 146 g/mol. The predicted octanol–water partition coefficient (Wildman–Crippen LogP) is 0.401. The van der Waals surface area contributed by atoms with Crippen LogP contribution < -0.4 is 5.73 Å². The van der Waals surface area contributed by atoms with Crippen molar-refractivity contribution in [1.29, 1.82) is 0 Å². The first-order valence-electron chi connectivity index (χ1n) is 3.38. The Morgan fingerprint density at radius 1 is 1.55 bits per heavy atom. The van der Waals surface area contributed by atoms with Gasteiger partial charge < -0.3 is 15.9 Å². The van der Waals surface area contributed by atoms with Crippen molar-refractivity contribution in [3.05, 3.63) is 0 Å². The van der Waals surface area contributed by atoms with Gasteiger partial charge in [-0.3, -0.25) is 4.79 Å². The molecule has 0 heterocycles. The Hall–Kier alpha value is -0.610. The Morgan fingerprint density at radius 3 is 1.64 bits per heavy atom. The van der Waals surface area contributed by atoms with Gasteiger partial charge in [0.1, 0.15) is 5.72 Å². The summed E-state index contributed by atoms with van der Waals surface area (Å²) in [6.45, 7) is 6.43. The van der Waals surface area contributed by atoms with E-state index >= 15 is 0 Å². The second-order valence-corrected chi connectivity index (χ2v) is 2.90. The SMILES string of the molecule is CC(=O)O.CC(C)C(C)(N)O. The van der Waals surface area contributed by atoms with Gasteiger partial charge in [0.05, 0.1) is 0 Å². The largest absolute Gasteiger partial charge is 0.481 e. The lowest BCUT2D eigenvalue weighted by Crippen LogP contribution is -2.41. The fourth-order valence-corrected chi connectivity index (χ4v) is 0. The van der Waals surface area contributed by atoms with Gasteiger partial charge >= 0.3 is 0 Å². The highest BCUT2D eigenvalue weighted by Crippen LogP contribution is 2.06. The summed E-state index contributed by atoms with van der Waals surface area (Å²) >= 11 is 0. The Morgan fingerprint density at radius 2 is 1.64 bits per heavy atom. The van der Waals surface area contributed by atoms with E-state index in [4.69, 9.17) is 20.7 Å². The van der Waals surface area contributed by atoms with E-state index in [1.54, 1.807) is 6.92 Å². The third-order valence-electron chi connectivity index (χ3n) is 1.17. The molecule has 0 aromatic rings. The predicted molar refractivity (Wildman–Crippen MR) is 43.0 cm³/mol. The van der Waals surface area contributed by atoms with Crippen molar-refractivity contribution in [2.45, 2.75) is 33.4 Å². The maximum absolute atomic E-state index is 9.00. The van der Waals surface area contributed by atoms with E-state index in [1.165, 1.54) is 0 Å². The van der Waals surface area contributed by atoms with E-state index in [-0.39, 0.29) is 5.92 Å². The first-order valence-corrected chi connectivity index (χ1v) is 3.38. The summed E-state index contributed by atoms with van der Waals surface area (Å²) in [6.07, 6.45) is 0. The summed E-state index contributed by atoms with van der Waals surface area (Å²) < 4.78 is 0. The first-order chi connectivity index (χ1) is 4.68. The molecular formula is C7H17NO3. The van der Waals surface area contributed by atoms with E-state index in [0.717, 1.165) is 6.92 Å². The van der Waals surface area contributed by atoms with Gasteiger partial charge in [-0.2, -0.15) is 0 Å². The molecule has 68 valence electrons. The Labute approximate surface area is 67.0 Å². The van der Waals surface area contributed by atoms with Crippen LogP contribution in [-0.4, -0.2) is 21.9 Å². The van der Waals surface area contributed by atoms with Gasteiger partial charge in [0.2, 0.25) is 0 Å². The van der Waals surface area contributed by atoms with Crippen LogP contribution in [0.3, 0.4) is 0 Å². The van der Waals surface area contributed by atoms with Crippen molar-refractivity contribution in [2.24, 2.45) is 11.7 Å². The molecule has 1 unspecified atom stereocenters. The number of carboxylic acid groups (broad SMARTS) is 1. The molecule has 0 aliphatic heterocycles. The Kier molecular flexibility index (Phi) is 6.03. The van der Waals surface area contributed by atoms with Gasteiger partial charge in [0.25, 0.3) is 5.97 Å². The van der Waals surface area contributed by atoms with Crippen LogP contribution in [-0.2, 0) is 4.79 Å². The topological polar surface area (TPSA) is 83.5 Å². The Bertz CT molecular complexity index is 111. The van der Waals surface area contributed by atoms with Gasteiger partial charge in [-0.15, -0.1) is 0 Å². The molecule has 0 fully saturated rings. The van der Waals surface area contributed by atoms with Crippen molar-refractivity contribution in [2.75, 3.05) is 0 Å². The van der Waals surface area contributed by atoms with Crippen molar-refractivity contribution in [3.8, 4) is 0 Å². The fraction of sp³-hybridized carbons (Fsp3) is 0.857. The number of aliphatic carboxylic acids is 1. The lowest BCUT2D eigenvalue weighted by Gasteiger charge is -2.20. The minimum Gasteiger partial charge on any atom is -0.481 e. The zero-order valence-corrected chi connectivity index (χ0v) is 7.46. The minimum absolute atomic E-state index is 0.132. The van der Waals surface area contributed by atoms with Gasteiger partial charge in [-0.05, 0) is 12.8 Å². The summed E-state index contributed by atoms with van der Waals surface area (Å²) in [5, 5.41) is 16.3. The third-order valence-corrected chi connectivity index (χ3v) is 1.17. The van der Waals surface area contributed by atoms with Crippen molar-refractivity contribution >= 4 is 5.97 Å². The molecule has 0 aliphatic carbocycles. The van der Waals surface area contributed by atoms with Gasteiger partial charge in [-0.25, -0.2) is 0 Å². The maximum atomic E-state index is 9.00. The average Bonchev–Trinajstić information content (AvgIpc) is 1.59. The smallest absolute Gasteiger partial charge is 0.300 e. The van der Waals surface area contributed by atoms with Crippen molar-refractivity contribution < 1.29 is 15.0 Å². The maximum Gasteiger partial charge on any atom is 0.300 e. The second-order valence-electron chi connectivity index (χ2n) is 2.90. The van der Waals surface area contributed by atoms with E-state index in [1.807, 2.05) is 13.8 Å². The Balaban J connectivity index is 0. The zero-order chi connectivity index (χ0) is 9.65. The standard InChI is InChI=1S/C5H13NO.C2H4O2/c1-4(2)5(3,6)7;1-2(3)4/h4,7H,6H2,1-3H3;1H3,(H,3,4). The highest BCUT2D eigenvalue weighted by molar-refractivity contribution is 5.62. The van der Waals surface area contributed by atoms with Gasteiger partial charge in [0.15, 0.2) is 0 Å². The summed E-state index contributed by atoms with van der Waals surface area (Å²) in [5.74, 6) is -0.701. The molecule has 0 saturated carbocycles. The first kappa shape index (κ1) is 13.0. The van der Waals surface area contributed by atoms with Crippen LogP contribution >= 0.6 is 0 Å². The molecule has 0 aromatic heterocycles. The second kappa shape index (κ2) is 5.09. The fourth-order valence-electron chi connectivity index (χ4n) is 0. The molecule has 4 nitrogen and oxygen atoms in total. The zero-order valence-electron chi connectivity index (χ0n) is 7.46. The summed E-state index contributed by atoms with van der Waals surface area (Å²) in [6, 6.07) is 0. The van der Waals surface area contributed by atoms with E-state index in [9.17, 15) is 0 Å². The van der Waals surface area contributed by atoms with Crippen LogP contribution in [0.15, 0.2) is 0 Å². The van der Waals surface area contributed by atoms with Crippen LogP contribution in [0.2, 0.25) is 0 Å². The average molecular weight is 163 g/mol. The lowest BCUT2D eigenvalue weighted by molar-refractivity contribution is -0.134. The van der Waals surface area contributed by atoms with Gasteiger partial charge in [-0.1, -0.05) is 13.8 Å². The molecule has 1 atom stereocenters. The number of hydrogen-bond acceptors (Lipinski definition) is 3. The van der Waals surface area contributed by atoms with Gasteiger partial charge in [0, 0.05) is 6.92 Å². The van der Waals surface area contributed by atoms with E-state index in [0.29, 0.717) is 0 Å². The van der Waals surface area contributed by atoms with Crippen LogP contribution in [0, 0.1) is 5.92 Å². The summed E-state index contributed by atoms with van der Waals surface area (Å²) in [5.41, 5.74) is 4.23. The van der Waals surface area contributed by atoms with Crippen LogP contribution in [0.25, 0.3) is 0 Å². The summed E-state index contributed by atoms with van der Waals surface area (Å²) in [7, 11) is 0.